The van der Waals surface area contributed by atoms with Crippen LogP contribution in [0.3, 0.4) is 0 Å². The van der Waals surface area contributed by atoms with E-state index in [4.69, 9.17) is 5.11 Å². The Kier molecular flexibility index (Phi) is 9.29. The molecule has 0 aliphatic carbocycles. The molecule has 2 heterocycles. The molecule has 1 saturated heterocycles. The standard InChI is InChI=1S/C12H18N2.C2H6.CH4O/c1-10(2)12-6-5-11(9-13-12)14-7-3-4-8-14;2*1-2/h5-6,9-10H,3-4,7-8H2,1-2H3;1-2H3;2H,1H3. The van der Waals surface area contributed by atoms with Crippen molar-refractivity contribution in [2.75, 3.05) is 25.1 Å². The number of pyridine rings is 1. The Morgan fingerprint density at radius 3 is 2.06 bits per heavy atom. The fourth-order valence-electron chi connectivity index (χ4n) is 1.90. The van der Waals surface area contributed by atoms with E-state index in [0.29, 0.717) is 5.92 Å². The maximum Gasteiger partial charge on any atom is 0.0552 e. The predicted molar refractivity (Wildman–Crippen MR) is 79.3 cm³/mol. The van der Waals surface area contributed by atoms with E-state index in [0.717, 1.165) is 7.11 Å². The van der Waals surface area contributed by atoms with E-state index >= 15 is 0 Å². The molecule has 3 nitrogen and oxygen atoms in total. The number of hydrogen-bond acceptors (Lipinski definition) is 3. The molecule has 0 saturated carbocycles. The van der Waals surface area contributed by atoms with E-state index < -0.39 is 0 Å². The van der Waals surface area contributed by atoms with Crippen LogP contribution >= 0.6 is 0 Å². The highest BCUT2D eigenvalue weighted by atomic mass is 16.2. The summed E-state index contributed by atoms with van der Waals surface area (Å²) in [7, 11) is 1.00. The topological polar surface area (TPSA) is 36.4 Å². The molecule has 2 rings (SSSR count). The minimum absolute atomic E-state index is 0.530. The Balaban J connectivity index is 0.000000659. The normalized spacial score (nSPS) is 13.6. The number of rotatable bonds is 2. The van der Waals surface area contributed by atoms with Crippen LogP contribution in [0.4, 0.5) is 5.69 Å². The highest BCUT2D eigenvalue weighted by Crippen LogP contribution is 2.20. The van der Waals surface area contributed by atoms with E-state index in [-0.39, 0.29) is 0 Å². The van der Waals surface area contributed by atoms with Crippen molar-refractivity contribution < 1.29 is 5.11 Å². The zero-order valence-corrected chi connectivity index (χ0v) is 12.5. The summed E-state index contributed by atoms with van der Waals surface area (Å²) >= 11 is 0. The summed E-state index contributed by atoms with van der Waals surface area (Å²) in [5, 5.41) is 7.00. The fourth-order valence-corrected chi connectivity index (χ4v) is 1.90. The first kappa shape index (κ1) is 16.9. The van der Waals surface area contributed by atoms with Crippen molar-refractivity contribution in [3.05, 3.63) is 24.0 Å². The van der Waals surface area contributed by atoms with Crippen LogP contribution in [0.15, 0.2) is 18.3 Å². The molecule has 0 spiro atoms. The molecule has 0 unspecified atom stereocenters. The Labute approximate surface area is 112 Å². The van der Waals surface area contributed by atoms with Crippen molar-refractivity contribution in [2.45, 2.75) is 46.5 Å². The van der Waals surface area contributed by atoms with Crippen molar-refractivity contribution >= 4 is 5.69 Å². The average Bonchev–Trinajstić information content (AvgIpc) is 2.97. The molecule has 0 amide bonds. The van der Waals surface area contributed by atoms with Gasteiger partial charge >= 0.3 is 0 Å². The third kappa shape index (κ3) is 5.05. The summed E-state index contributed by atoms with van der Waals surface area (Å²) in [5.41, 5.74) is 2.47. The predicted octanol–water partition coefficient (Wildman–Crippen LogP) is 3.44. The lowest BCUT2D eigenvalue weighted by atomic mass is 10.1. The van der Waals surface area contributed by atoms with Crippen molar-refractivity contribution in [3.63, 3.8) is 0 Å². The van der Waals surface area contributed by atoms with Gasteiger partial charge in [-0.25, -0.2) is 0 Å². The van der Waals surface area contributed by atoms with Crippen molar-refractivity contribution in [2.24, 2.45) is 0 Å². The molecule has 0 aromatic carbocycles. The SMILES string of the molecule is CC.CC(C)c1ccc(N2CCCC2)cn1.CO. The second-order valence-electron chi connectivity index (χ2n) is 4.29. The van der Waals surface area contributed by atoms with Crippen molar-refractivity contribution in [1.29, 1.82) is 0 Å². The van der Waals surface area contributed by atoms with Crippen LogP contribution in [0.2, 0.25) is 0 Å². The van der Waals surface area contributed by atoms with E-state index in [1.165, 1.54) is 37.3 Å². The molecule has 0 bridgehead atoms. The van der Waals surface area contributed by atoms with Crippen LogP contribution in [0.1, 0.15) is 52.1 Å². The lowest BCUT2D eigenvalue weighted by molar-refractivity contribution is 0.399. The molecule has 104 valence electrons. The van der Waals surface area contributed by atoms with Crippen LogP contribution in [0.5, 0.6) is 0 Å². The maximum atomic E-state index is 7.00. The Hall–Kier alpha value is -1.09. The molecule has 1 aliphatic rings. The average molecular weight is 252 g/mol. The van der Waals surface area contributed by atoms with Gasteiger partial charge in [-0.1, -0.05) is 27.7 Å². The smallest absolute Gasteiger partial charge is 0.0552 e. The number of aliphatic hydroxyl groups excluding tert-OH is 1. The third-order valence-electron chi connectivity index (χ3n) is 2.83. The number of aliphatic hydroxyl groups is 1. The van der Waals surface area contributed by atoms with E-state index in [2.05, 4.69) is 35.9 Å². The Morgan fingerprint density at radius 1 is 1.11 bits per heavy atom. The zero-order chi connectivity index (χ0) is 14.0. The number of hydrogen-bond donors (Lipinski definition) is 1. The molecule has 0 atom stereocenters. The van der Waals surface area contributed by atoms with Gasteiger partial charge in [0, 0.05) is 25.9 Å². The maximum absolute atomic E-state index is 7.00. The molecule has 1 fully saturated rings. The Bertz CT molecular complexity index is 290. The quantitative estimate of drug-likeness (QED) is 0.876. The van der Waals surface area contributed by atoms with Gasteiger partial charge in [-0.3, -0.25) is 4.98 Å². The Morgan fingerprint density at radius 2 is 1.67 bits per heavy atom. The molecule has 18 heavy (non-hydrogen) atoms. The van der Waals surface area contributed by atoms with Gasteiger partial charge in [0.2, 0.25) is 0 Å². The van der Waals surface area contributed by atoms with E-state index in [1.54, 1.807) is 0 Å². The molecule has 3 heteroatoms. The van der Waals surface area contributed by atoms with Crippen LogP contribution in [0, 0.1) is 0 Å². The zero-order valence-electron chi connectivity index (χ0n) is 12.5. The molecule has 0 radical (unpaired) electrons. The minimum Gasteiger partial charge on any atom is -0.400 e. The molecule has 1 aromatic rings. The van der Waals surface area contributed by atoms with Gasteiger partial charge in [-0.2, -0.15) is 0 Å². The highest BCUT2D eigenvalue weighted by molar-refractivity contribution is 5.45. The van der Waals surface area contributed by atoms with Gasteiger partial charge < -0.3 is 10.0 Å². The van der Waals surface area contributed by atoms with Crippen molar-refractivity contribution in [3.8, 4) is 0 Å². The van der Waals surface area contributed by atoms with Crippen LogP contribution in [-0.4, -0.2) is 30.3 Å². The summed E-state index contributed by atoms with van der Waals surface area (Å²) in [6, 6.07) is 4.35. The molecule has 1 aromatic heterocycles. The first-order valence-electron chi connectivity index (χ1n) is 6.93. The number of anilines is 1. The molecular weight excluding hydrogens is 224 g/mol. The first-order chi connectivity index (χ1) is 8.77. The van der Waals surface area contributed by atoms with E-state index in [9.17, 15) is 0 Å². The monoisotopic (exact) mass is 252 g/mol. The molecule has 1 N–H and O–H groups in total. The lowest BCUT2D eigenvalue weighted by Crippen LogP contribution is -2.17. The van der Waals surface area contributed by atoms with Gasteiger partial charge in [-0.05, 0) is 30.9 Å². The number of nitrogens with zero attached hydrogens (tertiary/aromatic N) is 2. The summed E-state index contributed by atoms with van der Waals surface area (Å²) in [5.74, 6) is 0.530. The summed E-state index contributed by atoms with van der Waals surface area (Å²) in [4.78, 5) is 6.89. The third-order valence-corrected chi connectivity index (χ3v) is 2.83. The minimum atomic E-state index is 0.530. The first-order valence-corrected chi connectivity index (χ1v) is 6.93. The lowest BCUT2D eigenvalue weighted by Gasteiger charge is -2.17. The van der Waals surface area contributed by atoms with Gasteiger partial charge in [0.15, 0.2) is 0 Å². The molecular formula is C15H28N2O. The summed E-state index contributed by atoms with van der Waals surface area (Å²) in [6.07, 6.45) is 4.67. The van der Waals surface area contributed by atoms with Crippen LogP contribution in [0.25, 0.3) is 0 Å². The molecule has 1 aliphatic heterocycles. The fraction of sp³-hybridized carbons (Fsp3) is 0.667. The van der Waals surface area contributed by atoms with Crippen LogP contribution in [-0.2, 0) is 0 Å². The van der Waals surface area contributed by atoms with E-state index in [1.807, 2.05) is 20.0 Å². The second kappa shape index (κ2) is 9.89. The second-order valence-corrected chi connectivity index (χ2v) is 4.29. The summed E-state index contributed by atoms with van der Waals surface area (Å²) < 4.78 is 0. The van der Waals surface area contributed by atoms with Gasteiger partial charge in [-0.15, -0.1) is 0 Å². The van der Waals surface area contributed by atoms with Gasteiger partial charge in [0.1, 0.15) is 0 Å². The van der Waals surface area contributed by atoms with Gasteiger partial charge in [0.05, 0.1) is 11.9 Å². The van der Waals surface area contributed by atoms with Crippen molar-refractivity contribution in [1.82, 2.24) is 4.98 Å². The summed E-state index contributed by atoms with van der Waals surface area (Å²) in [6.45, 7) is 10.8. The highest BCUT2D eigenvalue weighted by Gasteiger charge is 2.12. The largest absolute Gasteiger partial charge is 0.400 e. The van der Waals surface area contributed by atoms with Crippen LogP contribution < -0.4 is 4.90 Å². The van der Waals surface area contributed by atoms with Gasteiger partial charge in [0.25, 0.3) is 0 Å². The number of aromatic nitrogens is 1.